The molecule has 1 aromatic heterocycles. The van der Waals surface area contributed by atoms with E-state index < -0.39 is 0 Å². The van der Waals surface area contributed by atoms with Gasteiger partial charge in [-0.15, -0.1) is 0 Å². The minimum atomic E-state index is 0.0830. The Morgan fingerprint density at radius 2 is 2.11 bits per heavy atom. The molecule has 0 fully saturated rings. The molecule has 5 heteroatoms. The maximum absolute atomic E-state index is 4.76. The fraction of sp³-hybridized carbons (Fsp3) is 0.357. The summed E-state index contributed by atoms with van der Waals surface area (Å²) in [5.74, 6) is 0. The van der Waals surface area contributed by atoms with Crippen molar-refractivity contribution in [3.05, 3.63) is 33.9 Å². The van der Waals surface area contributed by atoms with Crippen molar-refractivity contribution in [2.45, 2.75) is 37.1 Å². The second kappa shape index (κ2) is 6.22. The molecule has 0 saturated carbocycles. The molecule has 0 aliphatic heterocycles. The van der Waals surface area contributed by atoms with Crippen molar-refractivity contribution in [1.29, 1.82) is 0 Å². The number of quaternary nitrogens is 2. The molecule has 3 nitrogen and oxygen atoms in total. The largest absolute Gasteiger partial charge is 0.299 e. The van der Waals surface area contributed by atoms with E-state index in [4.69, 9.17) is 4.98 Å². The zero-order chi connectivity index (χ0) is 14.0. The third kappa shape index (κ3) is 3.11. The minimum Gasteiger partial charge on any atom is -0.299 e. The van der Waals surface area contributed by atoms with Crippen molar-refractivity contribution in [3.8, 4) is 0 Å². The summed E-state index contributed by atoms with van der Waals surface area (Å²) in [7, 11) is 0. The van der Waals surface area contributed by atoms with E-state index in [9.17, 15) is 0 Å². The van der Waals surface area contributed by atoms with E-state index in [0.717, 1.165) is 28.5 Å². The van der Waals surface area contributed by atoms with Crippen LogP contribution in [0.2, 0.25) is 0 Å². The number of thioether (sulfide) groups is 1. The first-order valence-electron chi connectivity index (χ1n) is 6.45. The number of para-hydroxylation sites is 1. The number of hydrogen-bond acceptors (Lipinski definition) is 2. The molecule has 0 saturated heterocycles. The van der Waals surface area contributed by atoms with Crippen molar-refractivity contribution in [2.24, 2.45) is 0 Å². The summed E-state index contributed by atoms with van der Waals surface area (Å²) in [6, 6.07) is 6.23. The van der Waals surface area contributed by atoms with Crippen LogP contribution in [0.1, 0.15) is 24.6 Å². The molecule has 0 bridgehead atoms. The third-order valence-corrected chi connectivity index (χ3v) is 4.68. The molecule has 1 aromatic carbocycles. The molecule has 0 atom stereocenters. The van der Waals surface area contributed by atoms with Crippen LogP contribution < -0.4 is 11.5 Å². The summed E-state index contributed by atoms with van der Waals surface area (Å²) in [6.07, 6.45) is 2.17. The summed E-state index contributed by atoms with van der Waals surface area (Å²) >= 11 is 5.33. The number of halogens is 1. The molecule has 0 spiro atoms. The first kappa shape index (κ1) is 14.8. The Balaban J connectivity index is 2.74. The van der Waals surface area contributed by atoms with Gasteiger partial charge in [-0.2, -0.15) is 0 Å². The Labute approximate surface area is 126 Å². The van der Waals surface area contributed by atoms with Gasteiger partial charge in [0, 0.05) is 32.2 Å². The normalized spacial score (nSPS) is 11.5. The quantitative estimate of drug-likeness (QED) is 0.660. The summed E-state index contributed by atoms with van der Waals surface area (Å²) in [4.78, 5) is 6.05. The number of pyridine rings is 1. The number of benzene rings is 1. The minimum absolute atomic E-state index is 0.0830. The van der Waals surface area contributed by atoms with Crippen LogP contribution in [-0.4, -0.2) is 10.5 Å². The van der Waals surface area contributed by atoms with Crippen LogP contribution in [0, 0.1) is 6.92 Å². The van der Waals surface area contributed by atoms with Crippen LogP contribution >= 0.6 is 27.7 Å². The first-order chi connectivity index (χ1) is 9.04. The number of nitrogens with zero attached hydrogens (tertiary/aromatic N) is 1. The fourth-order valence-electron chi connectivity index (χ4n) is 2.22. The number of aryl methyl sites for hydroxylation is 1. The monoisotopic (exact) mass is 341 g/mol. The van der Waals surface area contributed by atoms with Crippen molar-refractivity contribution >= 4 is 38.6 Å². The van der Waals surface area contributed by atoms with Crippen molar-refractivity contribution < 1.29 is 11.5 Å². The van der Waals surface area contributed by atoms with Gasteiger partial charge in [-0.05, 0) is 40.9 Å². The predicted molar refractivity (Wildman–Crippen MR) is 83.6 cm³/mol. The van der Waals surface area contributed by atoms with Gasteiger partial charge < -0.3 is 0 Å². The third-order valence-electron chi connectivity index (χ3n) is 3.01. The van der Waals surface area contributed by atoms with E-state index in [1.165, 1.54) is 15.8 Å². The van der Waals surface area contributed by atoms with Gasteiger partial charge in [-0.25, -0.2) is 0 Å². The Morgan fingerprint density at radius 3 is 2.74 bits per heavy atom. The van der Waals surface area contributed by atoms with E-state index in [-0.39, 0.29) is 5.50 Å². The van der Waals surface area contributed by atoms with Crippen molar-refractivity contribution in [2.75, 3.05) is 0 Å². The molecule has 1 heterocycles. The summed E-state index contributed by atoms with van der Waals surface area (Å²) in [5.41, 5.74) is 11.6. The Hall–Kier alpha value is -0.620. The van der Waals surface area contributed by atoms with Gasteiger partial charge in [-0.1, -0.05) is 25.5 Å². The maximum atomic E-state index is 4.76. The van der Waals surface area contributed by atoms with Gasteiger partial charge in [0.05, 0.1) is 5.52 Å². The average molecular weight is 342 g/mol. The molecule has 102 valence electrons. The Morgan fingerprint density at radius 1 is 1.37 bits per heavy atom. The molecular weight excluding hydrogens is 322 g/mol. The molecule has 6 N–H and O–H groups in total. The lowest BCUT2D eigenvalue weighted by Gasteiger charge is -2.14. The van der Waals surface area contributed by atoms with Crippen LogP contribution in [0.15, 0.2) is 27.6 Å². The molecular formula is C14H20BrN3S+2. The van der Waals surface area contributed by atoms with E-state index in [1.807, 2.05) is 6.07 Å². The summed E-state index contributed by atoms with van der Waals surface area (Å²) in [5, 5.41) is 1.20. The maximum Gasteiger partial charge on any atom is 0.260 e. The van der Waals surface area contributed by atoms with Crippen LogP contribution in [0.4, 0.5) is 0 Å². The number of hydrogen-bond donors (Lipinski definition) is 2. The lowest BCUT2D eigenvalue weighted by atomic mass is 10.1. The highest BCUT2D eigenvalue weighted by Gasteiger charge is 2.17. The first-order valence-corrected chi connectivity index (χ1v) is 8.12. The average Bonchev–Trinajstić information content (AvgIpc) is 2.34. The van der Waals surface area contributed by atoms with E-state index in [1.54, 1.807) is 11.8 Å². The molecule has 19 heavy (non-hydrogen) atoms. The van der Waals surface area contributed by atoms with Gasteiger partial charge in [0.25, 0.3) is 5.50 Å². The highest BCUT2D eigenvalue weighted by molar-refractivity contribution is 9.10. The number of aromatic nitrogens is 1. The van der Waals surface area contributed by atoms with Crippen LogP contribution in [-0.2, 0) is 6.42 Å². The van der Waals surface area contributed by atoms with E-state index in [0.29, 0.717) is 0 Å². The second-order valence-corrected chi connectivity index (χ2v) is 6.80. The van der Waals surface area contributed by atoms with Gasteiger partial charge >= 0.3 is 0 Å². The van der Waals surface area contributed by atoms with Crippen LogP contribution in [0.3, 0.4) is 0 Å². The topological polar surface area (TPSA) is 68.2 Å². The second-order valence-electron chi connectivity index (χ2n) is 4.63. The number of rotatable bonds is 4. The van der Waals surface area contributed by atoms with Crippen LogP contribution in [0.25, 0.3) is 10.9 Å². The highest BCUT2D eigenvalue weighted by Crippen LogP contribution is 2.35. The zero-order valence-electron chi connectivity index (χ0n) is 11.4. The Bertz CT molecular complexity index is 599. The lowest BCUT2D eigenvalue weighted by molar-refractivity contribution is -0.619. The molecule has 0 amide bonds. The summed E-state index contributed by atoms with van der Waals surface area (Å²) in [6.45, 7) is 4.29. The van der Waals surface area contributed by atoms with Crippen molar-refractivity contribution in [1.82, 2.24) is 4.98 Å². The van der Waals surface area contributed by atoms with Gasteiger partial charge in [0.1, 0.15) is 0 Å². The van der Waals surface area contributed by atoms with Gasteiger partial charge in [0.15, 0.2) is 0 Å². The molecule has 2 aromatic rings. The summed E-state index contributed by atoms with van der Waals surface area (Å²) < 4.78 is 1.04. The molecule has 0 unspecified atom stereocenters. The SMILES string of the molecule is CCCc1c(C)nc2c(Br)cccc2c1SC([NH3+])[NH3+]. The van der Waals surface area contributed by atoms with E-state index in [2.05, 4.69) is 53.4 Å². The molecule has 2 rings (SSSR count). The highest BCUT2D eigenvalue weighted by atomic mass is 79.9. The van der Waals surface area contributed by atoms with E-state index >= 15 is 0 Å². The molecule has 0 aliphatic rings. The van der Waals surface area contributed by atoms with Gasteiger partial charge in [-0.3, -0.25) is 16.5 Å². The number of fused-ring (bicyclic) bond motifs is 1. The lowest BCUT2D eigenvalue weighted by Crippen LogP contribution is -2.82. The van der Waals surface area contributed by atoms with Crippen LogP contribution in [0.5, 0.6) is 0 Å². The van der Waals surface area contributed by atoms with Gasteiger partial charge in [0.2, 0.25) is 0 Å². The molecule has 0 radical (unpaired) electrons. The smallest absolute Gasteiger partial charge is 0.260 e. The zero-order valence-corrected chi connectivity index (χ0v) is 13.8. The Kier molecular flexibility index (Phi) is 4.84. The fourth-order valence-corrected chi connectivity index (χ4v) is 3.69. The molecule has 0 aliphatic carbocycles. The predicted octanol–water partition coefficient (Wildman–Crippen LogP) is 2.12. The van der Waals surface area contributed by atoms with Crippen molar-refractivity contribution in [3.63, 3.8) is 0 Å². The standard InChI is InChI=1S/C14H18BrN3S/c1-3-5-9-8(2)18-12-10(6-4-7-11(12)15)13(9)19-14(16)17/h4,6-7,14H,3,5,16-17H2,1-2H3/p+2.